The topological polar surface area (TPSA) is 43.6 Å². The van der Waals surface area contributed by atoms with Crippen molar-refractivity contribution in [2.24, 2.45) is 0 Å². The van der Waals surface area contributed by atoms with Crippen LogP contribution in [-0.4, -0.2) is 19.5 Å². The molecule has 0 saturated carbocycles. The molecule has 2 heterocycles. The van der Waals surface area contributed by atoms with E-state index in [1.807, 2.05) is 126 Å². The molecule has 0 atom stereocenters. The van der Waals surface area contributed by atoms with E-state index < -0.39 is 0 Å². The van der Waals surface area contributed by atoms with Crippen LogP contribution in [0.3, 0.4) is 0 Å². The molecule has 0 unspecified atom stereocenters. The number of fused-ring (bicyclic) bond motifs is 3. The summed E-state index contributed by atoms with van der Waals surface area (Å²) in [5, 5.41) is 1.22. The second-order valence-electron chi connectivity index (χ2n) is 13.4. The van der Waals surface area contributed by atoms with Gasteiger partial charge in [-0.2, -0.15) is 0 Å². The minimum atomic E-state index is -0.275. The molecule has 4 heteroatoms. The quantitative estimate of drug-likeness (QED) is 0.166. The van der Waals surface area contributed by atoms with E-state index >= 15 is 0 Å². The Morgan fingerprint density at radius 2 is 0.709 bits per heavy atom. The third-order valence-corrected chi connectivity index (χ3v) is 10.0. The molecule has 8 aromatic carbocycles. The average Bonchev–Trinajstić information content (AvgIpc) is 3.66. The van der Waals surface area contributed by atoms with E-state index in [1.165, 1.54) is 0 Å². The normalized spacial score (nSPS) is 12.3. The number of para-hydroxylation sites is 1. The molecule has 10 aromatic rings. The number of benzene rings is 8. The van der Waals surface area contributed by atoms with Gasteiger partial charge in [-0.1, -0.05) is 164 Å². The van der Waals surface area contributed by atoms with Gasteiger partial charge < -0.3 is 4.57 Å². The predicted molar refractivity (Wildman–Crippen MR) is 227 cm³/mol. The Balaban J connectivity index is 1.07. The van der Waals surface area contributed by atoms with Crippen LogP contribution in [0, 0.1) is 0 Å². The summed E-state index contributed by atoms with van der Waals surface area (Å²) in [6.07, 6.45) is 0. The van der Waals surface area contributed by atoms with Crippen molar-refractivity contribution in [3.05, 3.63) is 206 Å². The van der Waals surface area contributed by atoms with Crippen molar-refractivity contribution in [3.8, 4) is 73.2 Å². The molecule has 0 aliphatic carbocycles. The van der Waals surface area contributed by atoms with Crippen LogP contribution >= 0.6 is 0 Å². The van der Waals surface area contributed by atoms with Crippen LogP contribution in [0.15, 0.2) is 206 Å². The smallest absolute Gasteiger partial charge is 0.164 e. The molecule has 0 N–H and O–H groups in total. The van der Waals surface area contributed by atoms with E-state index in [-0.39, 0.29) is 24.2 Å². The van der Waals surface area contributed by atoms with Gasteiger partial charge in [0.05, 0.1) is 16.5 Å². The molecular weight excluding hydrogens is 669 g/mol. The molecule has 0 spiro atoms. The van der Waals surface area contributed by atoms with Gasteiger partial charge in [0.1, 0.15) is 0 Å². The molecule has 0 bridgehead atoms. The van der Waals surface area contributed by atoms with Gasteiger partial charge >= 0.3 is 0 Å². The van der Waals surface area contributed by atoms with Gasteiger partial charge in [-0.15, -0.1) is 0 Å². The Hall–Kier alpha value is -7.43. The maximum absolute atomic E-state index is 9.08. The molecule has 258 valence electrons. The predicted octanol–water partition coefficient (Wildman–Crippen LogP) is 13.0. The van der Waals surface area contributed by atoms with E-state index in [0.29, 0.717) is 28.4 Å². The van der Waals surface area contributed by atoms with Crippen molar-refractivity contribution >= 4 is 21.8 Å². The van der Waals surface area contributed by atoms with Crippen molar-refractivity contribution in [1.82, 2.24) is 19.5 Å². The summed E-state index contributed by atoms with van der Waals surface area (Å²) in [5.41, 5.74) is 10.9. The largest absolute Gasteiger partial charge is 0.309 e. The van der Waals surface area contributed by atoms with Crippen LogP contribution < -0.4 is 0 Å². The lowest BCUT2D eigenvalue weighted by molar-refractivity contribution is 1.07. The minimum absolute atomic E-state index is 0.0686. The standard InChI is InChI=1S/C51H34N4/c1-4-12-35(13-5-1)37-20-22-39(23-21-37)43-30-33-48-46(34-43)45-18-10-11-19-47(45)55(48)44-31-28-42(29-32-44)51-53-49(40-16-8-3-9-17-40)52-50(54-51)41-26-24-38(25-27-41)36-14-6-2-7-15-36/h1-34H/i10D,11D,18D,19D. The lowest BCUT2D eigenvalue weighted by Crippen LogP contribution is -2.00. The fraction of sp³-hybridized carbons (Fsp3) is 0. The first-order valence-corrected chi connectivity index (χ1v) is 18.2. The third kappa shape index (κ3) is 6.16. The summed E-state index contributed by atoms with van der Waals surface area (Å²) in [4.78, 5) is 14.8. The monoisotopic (exact) mass is 706 g/mol. The molecule has 0 aliphatic rings. The fourth-order valence-corrected chi connectivity index (χ4v) is 7.21. The fourth-order valence-electron chi connectivity index (χ4n) is 7.21. The van der Waals surface area contributed by atoms with Crippen molar-refractivity contribution in [3.63, 3.8) is 0 Å². The molecule has 0 saturated heterocycles. The molecule has 2 aromatic heterocycles. The zero-order valence-corrected chi connectivity index (χ0v) is 29.6. The van der Waals surface area contributed by atoms with Gasteiger partial charge in [0, 0.05) is 33.2 Å². The summed E-state index contributed by atoms with van der Waals surface area (Å²) in [6.45, 7) is 0. The molecule has 0 fully saturated rings. The third-order valence-electron chi connectivity index (χ3n) is 10.0. The Kier molecular flexibility index (Phi) is 7.08. The molecule has 10 rings (SSSR count). The Labute approximate surface area is 325 Å². The Morgan fingerprint density at radius 3 is 1.24 bits per heavy atom. The van der Waals surface area contributed by atoms with Crippen molar-refractivity contribution in [2.75, 3.05) is 0 Å². The van der Waals surface area contributed by atoms with E-state index in [0.717, 1.165) is 66.7 Å². The number of aromatic nitrogens is 4. The maximum atomic E-state index is 9.08. The summed E-state index contributed by atoms with van der Waals surface area (Å²) < 4.78 is 37.3. The lowest BCUT2D eigenvalue weighted by Gasteiger charge is -2.11. The molecule has 0 amide bonds. The molecular formula is C51H34N4. The first kappa shape index (κ1) is 28.1. The van der Waals surface area contributed by atoms with E-state index in [4.69, 9.17) is 20.4 Å². The van der Waals surface area contributed by atoms with Crippen LogP contribution in [0.25, 0.3) is 95.0 Å². The second-order valence-corrected chi connectivity index (χ2v) is 13.4. The van der Waals surface area contributed by atoms with E-state index in [2.05, 4.69) is 60.7 Å². The average molecular weight is 707 g/mol. The number of rotatable bonds is 7. The summed E-state index contributed by atoms with van der Waals surface area (Å²) in [5.74, 6) is 1.63. The first-order chi connectivity index (χ1) is 28.9. The second kappa shape index (κ2) is 13.8. The van der Waals surface area contributed by atoms with Crippen LogP contribution in [0.2, 0.25) is 0 Å². The van der Waals surface area contributed by atoms with Crippen molar-refractivity contribution < 1.29 is 5.48 Å². The van der Waals surface area contributed by atoms with Crippen LogP contribution in [0.5, 0.6) is 0 Å². The molecule has 55 heavy (non-hydrogen) atoms. The number of hydrogen-bond acceptors (Lipinski definition) is 3. The van der Waals surface area contributed by atoms with E-state index in [9.17, 15) is 0 Å². The highest BCUT2D eigenvalue weighted by molar-refractivity contribution is 6.10. The first-order valence-electron chi connectivity index (χ1n) is 20.2. The Morgan fingerprint density at radius 1 is 0.327 bits per heavy atom. The lowest BCUT2D eigenvalue weighted by atomic mass is 9.99. The SMILES string of the molecule is [2H]c1c([2H])c([2H])c2c(c1[2H])c1cc(-c3ccc(-c4ccccc4)cc3)ccc1n2-c1ccc(-c2nc(-c3ccccc3)nc(-c3ccc(-c4ccccc4)cc3)n2)cc1. The highest BCUT2D eigenvalue weighted by atomic mass is 15.0. The highest BCUT2D eigenvalue weighted by Gasteiger charge is 2.16. The molecule has 0 aliphatic heterocycles. The summed E-state index contributed by atoms with van der Waals surface area (Å²) in [7, 11) is 0. The summed E-state index contributed by atoms with van der Waals surface area (Å²) in [6, 6.07) is 60.2. The van der Waals surface area contributed by atoms with Gasteiger partial charge in [0.2, 0.25) is 0 Å². The van der Waals surface area contributed by atoms with Gasteiger partial charge in [0.15, 0.2) is 17.5 Å². The zero-order valence-electron chi connectivity index (χ0n) is 33.6. The van der Waals surface area contributed by atoms with Crippen LogP contribution in [0.1, 0.15) is 5.48 Å². The minimum Gasteiger partial charge on any atom is -0.309 e. The van der Waals surface area contributed by atoms with Crippen LogP contribution in [0.4, 0.5) is 0 Å². The summed E-state index contributed by atoms with van der Waals surface area (Å²) >= 11 is 0. The van der Waals surface area contributed by atoms with Crippen LogP contribution in [-0.2, 0) is 0 Å². The highest BCUT2D eigenvalue weighted by Crippen LogP contribution is 2.36. The molecule has 4 nitrogen and oxygen atoms in total. The van der Waals surface area contributed by atoms with Crippen molar-refractivity contribution in [1.29, 1.82) is 0 Å². The Bertz CT molecular complexity index is 3150. The van der Waals surface area contributed by atoms with Gasteiger partial charge in [-0.05, 0) is 75.8 Å². The zero-order chi connectivity index (χ0) is 40.0. The maximum Gasteiger partial charge on any atom is 0.164 e. The number of nitrogens with zero attached hydrogens (tertiary/aromatic N) is 4. The van der Waals surface area contributed by atoms with Gasteiger partial charge in [-0.25, -0.2) is 15.0 Å². The van der Waals surface area contributed by atoms with Crippen molar-refractivity contribution in [2.45, 2.75) is 0 Å². The van der Waals surface area contributed by atoms with E-state index in [1.54, 1.807) is 0 Å². The molecule has 0 radical (unpaired) electrons. The number of hydrogen-bond donors (Lipinski definition) is 0. The van der Waals surface area contributed by atoms with Gasteiger partial charge in [0.25, 0.3) is 0 Å². The van der Waals surface area contributed by atoms with Gasteiger partial charge in [-0.3, -0.25) is 0 Å².